The minimum Gasteiger partial charge on any atom is -0.497 e. The van der Waals surface area contributed by atoms with Crippen LogP contribution in [-0.2, 0) is 9.59 Å². The number of ether oxygens (including phenoxy) is 1. The van der Waals surface area contributed by atoms with E-state index in [4.69, 9.17) is 4.74 Å². The van der Waals surface area contributed by atoms with Crippen LogP contribution in [0.4, 0.5) is 0 Å². The number of nitrogens with one attached hydrogen (secondary N) is 1. The average molecular weight is 400 g/mol. The maximum atomic E-state index is 12.6. The number of nitrogens with zero attached hydrogens (tertiary/aromatic N) is 2. The Labute approximate surface area is 169 Å². The Hall–Kier alpha value is -2.46. The van der Waals surface area contributed by atoms with Gasteiger partial charge in [-0.2, -0.15) is 5.26 Å². The lowest BCUT2D eigenvalue weighted by molar-refractivity contribution is -0.131. The molecular weight excluding hydrogens is 374 g/mol. The number of hydrogen-bond acceptors (Lipinski definition) is 5. The fourth-order valence-corrected chi connectivity index (χ4v) is 4.70. The van der Waals surface area contributed by atoms with Gasteiger partial charge in [0.2, 0.25) is 11.8 Å². The molecule has 2 heterocycles. The van der Waals surface area contributed by atoms with Crippen molar-refractivity contribution < 1.29 is 14.3 Å². The second kappa shape index (κ2) is 9.16. The number of allylic oxidation sites excluding steroid dienone is 1. The topological polar surface area (TPSA) is 82.4 Å². The van der Waals surface area contributed by atoms with E-state index >= 15 is 0 Å². The van der Waals surface area contributed by atoms with E-state index in [1.165, 1.54) is 11.8 Å². The van der Waals surface area contributed by atoms with Crippen LogP contribution in [0.3, 0.4) is 0 Å². The van der Waals surface area contributed by atoms with Crippen molar-refractivity contribution in [1.82, 2.24) is 10.2 Å². The number of carbonyl (C=O) groups excluding carboxylic acids is 2. The van der Waals surface area contributed by atoms with Gasteiger partial charge < -0.3 is 15.0 Å². The average Bonchev–Trinajstić information content (AvgIpc) is 2.72. The Morgan fingerprint density at radius 2 is 2.11 bits per heavy atom. The van der Waals surface area contributed by atoms with Gasteiger partial charge in [0.05, 0.1) is 29.5 Å². The van der Waals surface area contributed by atoms with Crippen molar-refractivity contribution >= 4 is 23.6 Å². The van der Waals surface area contributed by atoms with Gasteiger partial charge in [0, 0.05) is 24.9 Å². The highest BCUT2D eigenvalue weighted by Crippen LogP contribution is 2.36. The van der Waals surface area contributed by atoms with Crippen LogP contribution >= 0.6 is 11.8 Å². The third-order valence-electron chi connectivity index (χ3n) is 5.34. The van der Waals surface area contributed by atoms with Crippen LogP contribution in [0.25, 0.3) is 0 Å². The van der Waals surface area contributed by atoms with Gasteiger partial charge in [0.25, 0.3) is 0 Å². The van der Waals surface area contributed by atoms with Gasteiger partial charge in [0.1, 0.15) is 5.75 Å². The molecule has 0 radical (unpaired) electrons. The zero-order chi connectivity index (χ0) is 20.1. The molecule has 28 heavy (non-hydrogen) atoms. The number of rotatable bonds is 5. The molecule has 0 aliphatic carbocycles. The molecule has 0 bridgehead atoms. The van der Waals surface area contributed by atoms with E-state index in [-0.39, 0.29) is 35.9 Å². The summed E-state index contributed by atoms with van der Waals surface area (Å²) in [7, 11) is 1.60. The van der Waals surface area contributed by atoms with Gasteiger partial charge in [-0.3, -0.25) is 9.59 Å². The molecule has 0 spiro atoms. The summed E-state index contributed by atoms with van der Waals surface area (Å²) >= 11 is 1.25. The fraction of sp³-hybridized carbons (Fsp3) is 0.476. The van der Waals surface area contributed by atoms with E-state index < -0.39 is 0 Å². The first kappa shape index (κ1) is 20.3. The SMILES string of the molecule is COc1ccc([C@H]2CC(=O)NC(SCC(=O)N3CCCC[C@@H]3C)=C2C#N)cc1. The Morgan fingerprint density at radius 1 is 1.36 bits per heavy atom. The van der Waals surface area contributed by atoms with Gasteiger partial charge in [-0.25, -0.2) is 0 Å². The van der Waals surface area contributed by atoms with Crippen molar-refractivity contribution in [3.8, 4) is 11.8 Å². The van der Waals surface area contributed by atoms with Crippen molar-refractivity contribution in [2.24, 2.45) is 0 Å². The molecule has 2 aliphatic heterocycles. The first-order valence-electron chi connectivity index (χ1n) is 9.53. The number of nitriles is 1. The van der Waals surface area contributed by atoms with Crippen LogP contribution in [-0.4, -0.2) is 42.2 Å². The summed E-state index contributed by atoms with van der Waals surface area (Å²) in [5.41, 5.74) is 1.40. The summed E-state index contributed by atoms with van der Waals surface area (Å²) in [5, 5.41) is 13.0. The zero-order valence-electron chi connectivity index (χ0n) is 16.2. The summed E-state index contributed by atoms with van der Waals surface area (Å²) in [4.78, 5) is 26.8. The molecule has 6 nitrogen and oxygen atoms in total. The van der Waals surface area contributed by atoms with Crippen molar-refractivity contribution in [3.63, 3.8) is 0 Å². The van der Waals surface area contributed by atoms with Crippen LogP contribution in [0.2, 0.25) is 0 Å². The molecule has 2 atom stereocenters. The zero-order valence-corrected chi connectivity index (χ0v) is 17.1. The predicted octanol–water partition coefficient (Wildman–Crippen LogP) is 3.17. The highest BCUT2D eigenvalue weighted by molar-refractivity contribution is 8.03. The maximum absolute atomic E-state index is 12.6. The molecule has 0 unspecified atom stereocenters. The van der Waals surface area contributed by atoms with Gasteiger partial charge in [-0.15, -0.1) is 0 Å². The Bertz CT molecular complexity index is 813. The van der Waals surface area contributed by atoms with Crippen molar-refractivity contribution in [1.29, 1.82) is 5.26 Å². The van der Waals surface area contributed by atoms with E-state index in [0.29, 0.717) is 10.6 Å². The highest BCUT2D eigenvalue weighted by atomic mass is 32.2. The Kier molecular flexibility index (Phi) is 6.63. The van der Waals surface area contributed by atoms with E-state index in [2.05, 4.69) is 18.3 Å². The molecule has 1 N–H and O–H groups in total. The predicted molar refractivity (Wildman–Crippen MR) is 109 cm³/mol. The van der Waals surface area contributed by atoms with E-state index in [9.17, 15) is 14.9 Å². The molecule has 1 aromatic rings. The number of hydrogen-bond donors (Lipinski definition) is 1. The highest BCUT2D eigenvalue weighted by Gasteiger charge is 2.31. The minimum atomic E-state index is -0.309. The molecule has 1 aromatic carbocycles. The molecule has 0 saturated carbocycles. The number of carbonyl (C=O) groups is 2. The van der Waals surface area contributed by atoms with E-state index in [1.54, 1.807) is 7.11 Å². The standard InChI is InChI=1S/C21H25N3O3S/c1-14-5-3-4-10-24(14)20(26)13-28-21-18(12-22)17(11-19(25)23-21)15-6-8-16(27-2)9-7-15/h6-9,14,17H,3-5,10-11,13H2,1-2H3,(H,23,25)/t14-,17+/m0/s1. The molecular formula is C21H25N3O3S. The molecule has 148 valence electrons. The van der Waals surface area contributed by atoms with E-state index in [1.807, 2.05) is 29.2 Å². The quantitative estimate of drug-likeness (QED) is 0.822. The summed E-state index contributed by atoms with van der Waals surface area (Å²) in [6, 6.07) is 9.90. The van der Waals surface area contributed by atoms with Crippen molar-refractivity contribution in [2.75, 3.05) is 19.4 Å². The third-order valence-corrected chi connectivity index (χ3v) is 6.34. The lowest BCUT2D eigenvalue weighted by Gasteiger charge is -2.33. The Balaban J connectivity index is 1.77. The molecule has 1 saturated heterocycles. The van der Waals surface area contributed by atoms with Gasteiger partial charge in [-0.05, 0) is 43.9 Å². The number of methoxy groups -OCH3 is 1. The fourth-order valence-electron chi connectivity index (χ4n) is 3.74. The van der Waals surface area contributed by atoms with Gasteiger partial charge in [-0.1, -0.05) is 23.9 Å². The number of piperidine rings is 1. The summed E-state index contributed by atoms with van der Waals surface area (Å²) in [5.74, 6) is 0.558. The summed E-state index contributed by atoms with van der Waals surface area (Å²) in [6.45, 7) is 2.86. The first-order valence-corrected chi connectivity index (χ1v) is 10.5. The number of amides is 2. The second-order valence-corrected chi connectivity index (χ2v) is 8.14. The molecule has 2 aliphatic rings. The summed E-state index contributed by atoms with van der Waals surface area (Å²) < 4.78 is 5.18. The van der Waals surface area contributed by atoms with Crippen LogP contribution in [0.15, 0.2) is 34.9 Å². The lowest BCUT2D eigenvalue weighted by atomic mass is 9.87. The lowest BCUT2D eigenvalue weighted by Crippen LogP contribution is -2.43. The van der Waals surface area contributed by atoms with Crippen LogP contribution in [0.5, 0.6) is 5.75 Å². The second-order valence-electron chi connectivity index (χ2n) is 7.15. The number of thioether (sulfide) groups is 1. The van der Waals surface area contributed by atoms with Crippen molar-refractivity contribution in [3.05, 3.63) is 40.4 Å². The molecule has 1 fully saturated rings. The summed E-state index contributed by atoms with van der Waals surface area (Å²) in [6.07, 6.45) is 3.43. The smallest absolute Gasteiger partial charge is 0.233 e. The van der Waals surface area contributed by atoms with E-state index in [0.717, 1.165) is 37.1 Å². The van der Waals surface area contributed by atoms with Crippen LogP contribution < -0.4 is 10.1 Å². The first-order chi connectivity index (χ1) is 13.5. The molecule has 3 rings (SSSR count). The number of likely N-dealkylation sites (tertiary alicyclic amines) is 1. The minimum absolute atomic E-state index is 0.0582. The largest absolute Gasteiger partial charge is 0.497 e. The van der Waals surface area contributed by atoms with Crippen LogP contribution in [0.1, 0.15) is 44.1 Å². The van der Waals surface area contributed by atoms with Crippen LogP contribution in [0, 0.1) is 11.3 Å². The molecule has 2 amide bonds. The third kappa shape index (κ3) is 4.50. The maximum Gasteiger partial charge on any atom is 0.233 e. The van der Waals surface area contributed by atoms with Gasteiger partial charge in [0.15, 0.2) is 0 Å². The molecule has 7 heteroatoms. The number of benzene rings is 1. The monoisotopic (exact) mass is 399 g/mol. The van der Waals surface area contributed by atoms with Crippen molar-refractivity contribution in [2.45, 2.75) is 44.6 Å². The Morgan fingerprint density at radius 3 is 2.75 bits per heavy atom. The van der Waals surface area contributed by atoms with Gasteiger partial charge >= 0.3 is 0 Å². The normalized spacial score (nSPS) is 22.5. The molecule has 0 aromatic heterocycles.